The monoisotopic (exact) mass is 277 g/mol. The van der Waals surface area contributed by atoms with Gasteiger partial charge in [-0.2, -0.15) is 0 Å². The number of fused-ring (bicyclic) bond motifs is 1. The van der Waals surface area contributed by atoms with Crippen LogP contribution in [0.15, 0.2) is 66.7 Å². The lowest BCUT2D eigenvalue weighted by atomic mass is 10.1. The van der Waals surface area contributed by atoms with Gasteiger partial charge in [0.05, 0.1) is 6.61 Å². The van der Waals surface area contributed by atoms with Crippen LogP contribution in [0.4, 0.5) is 5.69 Å². The summed E-state index contributed by atoms with van der Waals surface area (Å²) >= 11 is 0. The molecule has 0 heterocycles. The van der Waals surface area contributed by atoms with Crippen molar-refractivity contribution in [3.8, 4) is 5.75 Å². The van der Waals surface area contributed by atoms with Crippen molar-refractivity contribution in [3.63, 3.8) is 0 Å². The second-order valence-corrected chi connectivity index (χ2v) is 5.00. The minimum atomic E-state index is 0.696. The number of nitrogens with one attached hydrogen (secondary N) is 1. The average Bonchev–Trinajstić information content (AvgIpc) is 2.53. The van der Waals surface area contributed by atoms with Crippen molar-refractivity contribution < 1.29 is 4.74 Å². The zero-order valence-electron chi connectivity index (χ0n) is 12.2. The lowest BCUT2D eigenvalue weighted by molar-refractivity contribution is 0.340. The number of ether oxygens (including phenoxy) is 1. The van der Waals surface area contributed by atoms with Crippen molar-refractivity contribution in [1.29, 1.82) is 0 Å². The highest BCUT2D eigenvalue weighted by Crippen LogP contribution is 2.20. The first kappa shape index (κ1) is 13.5. The first-order valence-corrected chi connectivity index (χ1v) is 7.29. The molecule has 3 aromatic carbocycles. The Morgan fingerprint density at radius 3 is 2.57 bits per heavy atom. The molecule has 3 aromatic rings. The predicted molar refractivity (Wildman–Crippen MR) is 88.9 cm³/mol. The Balaban J connectivity index is 1.72. The van der Waals surface area contributed by atoms with E-state index in [9.17, 15) is 0 Å². The maximum Gasteiger partial charge on any atom is 0.119 e. The molecular formula is C19H19NO. The third-order valence-corrected chi connectivity index (χ3v) is 3.46. The van der Waals surface area contributed by atoms with E-state index in [1.165, 1.54) is 16.3 Å². The molecule has 0 aliphatic rings. The van der Waals surface area contributed by atoms with E-state index in [4.69, 9.17) is 4.74 Å². The second kappa shape index (κ2) is 6.31. The van der Waals surface area contributed by atoms with E-state index in [0.29, 0.717) is 6.61 Å². The van der Waals surface area contributed by atoms with Crippen molar-refractivity contribution in [2.45, 2.75) is 13.5 Å². The van der Waals surface area contributed by atoms with E-state index in [0.717, 1.165) is 18.0 Å². The summed E-state index contributed by atoms with van der Waals surface area (Å²) in [4.78, 5) is 0. The maximum absolute atomic E-state index is 5.53. The molecule has 0 aliphatic heterocycles. The first-order valence-electron chi connectivity index (χ1n) is 7.29. The Morgan fingerprint density at radius 2 is 1.71 bits per heavy atom. The van der Waals surface area contributed by atoms with E-state index in [2.05, 4.69) is 59.9 Å². The minimum absolute atomic E-state index is 0.696. The third-order valence-electron chi connectivity index (χ3n) is 3.46. The van der Waals surface area contributed by atoms with Crippen molar-refractivity contribution >= 4 is 16.5 Å². The van der Waals surface area contributed by atoms with Crippen LogP contribution < -0.4 is 10.1 Å². The first-order chi connectivity index (χ1) is 10.3. The highest BCUT2D eigenvalue weighted by Gasteiger charge is 1.98. The van der Waals surface area contributed by atoms with Crippen LogP contribution in [0.3, 0.4) is 0 Å². The molecule has 0 aliphatic carbocycles. The van der Waals surface area contributed by atoms with Crippen LogP contribution in [0.5, 0.6) is 5.75 Å². The largest absolute Gasteiger partial charge is 0.494 e. The zero-order valence-corrected chi connectivity index (χ0v) is 12.2. The zero-order chi connectivity index (χ0) is 14.5. The lowest BCUT2D eigenvalue weighted by Crippen LogP contribution is -2.00. The normalized spacial score (nSPS) is 10.5. The van der Waals surface area contributed by atoms with Crippen LogP contribution in [0, 0.1) is 0 Å². The number of anilines is 1. The summed E-state index contributed by atoms with van der Waals surface area (Å²) in [7, 11) is 0. The van der Waals surface area contributed by atoms with Crippen molar-refractivity contribution in [3.05, 3.63) is 72.3 Å². The molecule has 0 saturated carbocycles. The molecular weight excluding hydrogens is 258 g/mol. The predicted octanol–water partition coefficient (Wildman–Crippen LogP) is 4.85. The summed E-state index contributed by atoms with van der Waals surface area (Å²) in [6, 6.07) is 23.1. The quantitative estimate of drug-likeness (QED) is 0.719. The van der Waals surface area contributed by atoms with Gasteiger partial charge in [0.1, 0.15) is 5.75 Å². The molecule has 0 fully saturated rings. The van der Waals surface area contributed by atoms with Gasteiger partial charge in [-0.3, -0.25) is 0 Å². The number of benzene rings is 3. The molecule has 0 saturated heterocycles. The Bertz CT molecular complexity index is 736. The van der Waals surface area contributed by atoms with E-state index >= 15 is 0 Å². The molecule has 106 valence electrons. The Labute approximate surface area is 125 Å². The highest BCUT2D eigenvalue weighted by atomic mass is 16.5. The molecule has 0 atom stereocenters. The average molecular weight is 277 g/mol. The molecule has 21 heavy (non-hydrogen) atoms. The van der Waals surface area contributed by atoms with E-state index < -0.39 is 0 Å². The number of rotatable bonds is 5. The second-order valence-electron chi connectivity index (χ2n) is 5.00. The topological polar surface area (TPSA) is 21.3 Å². The Hall–Kier alpha value is -2.48. The molecule has 0 radical (unpaired) electrons. The van der Waals surface area contributed by atoms with Gasteiger partial charge in [0.2, 0.25) is 0 Å². The summed E-state index contributed by atoms with van der Waals surface area (Å²) in [5.41, 5.74) is 2.35. The maximum atomic E-state index is 5.53. The highest BCUT2D eigenvalue weighted by molar-refractivity contribution is 5.85. The molecule has 2 heteroatoms. The fourth-order valence-electron chi connectivity index (χ4n) is 2.42. The number of hydrogen-bond acceptors (Lipinski definition) is 2. The van der Waals surface area contributed by atoms with Crippen LogP contribution in [0.25, 0.3) is 10.8 Å². The molecule has 0 amide bonds. The smallest absolute Gasteiger partial charge is 0.119 e. The molecule has 2 nitrogen and oxygen atoms in total. The fraction of sp³-hybridized carbons (Fsp3) is 0.158. The lowest BCUT2D eigenvalue weighted by Gasteiger charge is -2.09. The molecule has 0 spiro atoms. The van der Waals surface area contributed by atoms with Gasteiger partial charge in [0.15, 0.2) is 0 Å². The van der Waals surface area contributed by atoms with Gasteiger partial charge in [-0.25, -0.2) is 0 Å². The molecule has 0 aromatic heterocycles. The fourth-order valence-corrected chi connectivity index (χ4v) is 2.42. The van der Waals surface area contributed by atoms with Gasteiger partial charge < -0.3 is 10.1 Å². The molecule has 1 N–H and O–H groups in total. The SMILES string of the molecule is CCOc1cccc(CNc2ccc3ccccc3c2)c1. The van der Waals surface area contributed by atoms with Crippen LogP contribution in [-0.4, -0.2) is 6.61 Å². The summed E-state index contributed by atoms with van der Waals surface area (Å²) < 4.78 is 5.53. The van der Waals surface area contributed by atoms with Gasteiger partial charge in [-0.15, -0.1) is 0 Å². The van der Waals surface area contributed by atoms with Crippen LogP contribution in [0.2, 0.25) is 0 Å². The van der Waals surface area contributed by atoms with Crippen molar-refractivity contribution in [2.24, 2.45) is 0 Å². The van der Waals surface area contributed by atoms with E-state index in [1.807, 2.05) is 19.1 Å². The summed E-state index contributed by atoms with van der Waals surface area (Å²) in [5, 5.41) is 5.99. The number of hydrogen-bond donors (Lipinski definition) is 1. The van der Waals surface area contributed by atoms with Gasteiger partial charge in [0, 0.05) is 12.2 Å². The van der Waals surface area contributed by atoms with Gasteiger partial charge in [0.25, 0.3) is 0 Å². The summed E-state index contributed by atoms with van der Waals surface area (Å²) in [5.74, 6) is 0.926. The van der Waals surface area contributed by atoms with Crippen LogP contribution >= 0.6 is 0 Å². The van der Waals surface area contributed by atoms with Crippen LogP contribution in [-0.2, 0) is 6.54 Å². The Morgan fingerprint density at radius 1 is 0.857 bits per heavy atom. The minimum Gasteiger partial charge on any atom is -0.494 e. The van der Waals surface area contributed by atoms with Crippen LogP contribution in [0.1, 0.15) is 12.5 Å². The van der Waals surface area contributed by atoms with Crippen molar-refractivity contribution in [1.82, 2.24) is 0 Å². The molecule has 3 rings (SSSR count). The van der Waals surface area contributed by atoms with E-state index in [1.54, 1.807) is 0 Å². The molecule has 0 unspecified atom stereocenters. The molecule has 0 bridgehead atoms. The standard InChI is InChI=1S/C19H19NO/c1-2-21-19-9-5-6-15(12-19)14-20-18-11-10-16-7-3-4-8-17(16)13-18/h3-13,20H,2,14H2,1H3. The van der Waals surface area contributed by atoms with Gasteiger partial charge >= 0.3 is 0 Å². The van der Waals surface area contributed by atoms with Gasteiger partial charge in [-0.05, 0) is 47.5 Å². The summed E-state index contributed by atoms with van der Waals surface area (Å²) in [6.07, 6.45) is 0. The third kappa shape index (κ3) is 3.34. The van der Waals surface area contributed by atoms with Crippen molar-refractivity contribution in [2.75, 3.05) is 11.9 Å². The van der Waals surface area contributed by atoms with Gasteiger partial charge in [-0.1, -0.05) is 42.5 Å². The van der Waals surface area contributed by atoms with E-state index in [-0.39, 0.29) is 0 Å². The summed E-state index contributed by atoms with van der Waals surface area (Å²) in [6.45, 7) is 3.49. The Kier molecular flexibility index (Phi) is 4.06.